The fourth-order valence-corrected chi connectivity index (χ4v) is 1.83. The first kappa shape index (κ1) is 13.1. The molecular formula is C17H16O2. The quantitative estimate of drug-likeness (QED) is 0.612. The largest absolute Gasteiger partial charge is 0.457 e. The van der Waals surface area contributed by atoms with Crippen molar-refractivity contribution in [1.82, 2.24) is 0 Å². The zero-order valence-electron chi connectivity index (χ0n) is 10.9. The number of rotatable bonds is 4. The maximum atomic E-state index is 11.9. The van der Waals surface area contributed by atoms with Crippen LogP contribution in [0.25, 0.3) is 5.57 Å². The average Bonchev–Trinajstić information content (AvgIpc) is 2.45. The van der Waals surface area contributed by atoms with E-state index in [1.807, 2.05) is 61.5 Å². The topological polar surface area (TPSA) is 26.3 Å². The summed E-state index contributed by atoms with van der Waals surface area (Å²) in [4.78, 5) is 11.9. The monoisotopic (exact) mass is 252 g/mol. The third-order valence-corrected chi connectivity index (χ3v) is 2.93. The van der Waals surface area contributed by atoms with E-state index in [1.165, 1.54) is 0 Å². The number of esters is 1. The van der Waals surface area contributed by atoms with Crippen LogP contribution in [-0.4, -0.2) is 5.97 Å². The molecule has 2 aromatic rings. The van der Waals surface area contributed by atoms with Gasteiger partial charge in [0, 0.05) is 0 Å². The van der Waals surface area contributed by atoms with Gasteiger partial charge in [-0.05, 0) is 23.6 Å². The Bertz CT molecular complexity index is 585. The number of carbonyl (C=O) groups excluding carboxylic acids is 1. The zero-order valence-corrected chi connectivity index (χ0v) is 10.9. The Kier molecular flexibility index (Phi) is 4.14. The Balaban J connectivity index is 2.01. The summed E-state index contributed by atoms with van der Waals surface area (Å²) in [5, 5.41) is 0. The molecule has 0 atom stereocenters. The fraction of sp³-hybridized carbons (Fsp3) is 0.118. The molecule has 0 spiro atoms. The van der Waals surface area contributed by atoms with Crippen molar-refractivity contribution in [2.45, 2.75) is 13.5 Å². The normalized spacial score (nSPS) is 9.95. The third kappa shape index (κ3) is 3.32. The first-order valence-electron chi connectivity index (χ1n) is 6.14. The van der Waals surface area contributed by atoms with Gasteiger partial charge in [0.15, 0.2) is 0 Å². The molecule has 0 aliphatic rings. The number of benzene rings is 2. The lowest BCUT2D eigenvalue weighted by atomic mass is 10.0. The molecule has 0 N–H and O–H groups in total. The van der Waals surface area contributed by atoms with Crippen molar-refractivity contribution in [1.29, 1.82) is 0 Å². The lowest BCUT2D eigenvalue weighted by Gasteiger charge is -2.09. The Labute approximate surface area is 113 Å². The maximum absolute atomic E-state index is 11.9. The predicted molar refractivity (Wildman–Crippen MR) is 76.5 cm³/mol. The number of hydrogen-bond donors (Lipinski definition) is 0. The molecule has 19 heavy (non-hydrogen) atoms. The van der Waals surface area contributed by atoms with Gasteiger partial charge in [-0.25, -0.2) is 4.79 Å². The van der Waals surface area contributed by atoms with E-state index in [1.54, 1.807) is 0 Å². The Hall–Kier alpha value is -2.35. The molecule has 0 heterocycles. The maximum Gasteiger partial charge on any atom is 0.338 e. The van der Waals surface area contributed by atoms with Crippen LogP contribution in [0, 0.1) is 6.92 Å². The SMILES string of the molecule is C=C(C(=O)OCc1ccccc1)c1ccccc1C. The van der Waals surface area contributed by atoms with Crippen LogP contribution in [0.1, 0.15) is 16.7 Å². The molecule has 0 radical (unpaired) electrons. The molecule has 0 fully saturated rings. The van der Waals surface area contributed by atoms with Gasteiger partial charge in [-0.3, -0.25) is 0 Å². The lowest BCUT2D eigenvalue weighted by Crippen LogP contribution is -2.07. The number of hydrogen-bond acceptors (Lipinski definition) is 2. The van der Waals surface area contributed by atoms with Crippen molar-refractivity contribution < 1.29 is 9.53 Å². The van der Waals surface area contributed by atoms with Crippen molar-refractivity contribution in [3.63, 3.8) is 0 Å². The van der Waals surface area contributed by atoms with Crippen LogP contribution in [0.5, 0.6) is 0 Å². The van der Waals surface area contributed by atoms with E-state index in [2.05, 4.69) is 6.58 Å². The second-order valence-corrected chi connectivity index (χ2v) is 4.36. The minimum Gasteiger partial charge on any atom is -0.457 e. The minimum absolute atomic E-state index is 0.268. The summed E-state index contributed by atoms with van der Waals surface area (Å²) < 4.78 is 5.26. The summed E-state index contributed by atoms with van der Waals surface area (Å²) in [7, 11) is 0. The van der Waals surface area contributed by atoms with Crippen molar-refractivity contribution >= 4 is 11.5 Å². The standard InChI is InChI=1S/C17H16O2/c1-13-8-6-7-11-16(13)14(2)17(18)19-12-15-9-4-3-5-10-15/h3-11H,2,12H2,1H3. The highest BCUT2D eigenvalue weighted by Gasteiger charge is 2.12. The first-order chi connectivity index (χ1) is 9.18. The van der Waals surface area contributed by atoms with Gasteiger partial charge in [-0.1, -0.05) is 61.2 Å². The van der Waals surface area contributed by atoms with E-state index in [9.17, 15) is 4.79 Å². The van der Waals surface area contributed by atoms with E-state index < -0.39 is 0 Å². The summed E-state index contributed by atoms with van der Waals surface area (Å²) >= 11 is 0. The van der Waals surface area contributed by atoms with E-state index in [4.69, 9.17) is 4.74 Å². The molecular weight excluding hydrogens is 236 g/mol. The van der Waals surface area contributed by atoms with Crippen LogP contribution in [-0.2, 0) is 16.1 Å². The molecule has 96 valence electrons. The van der Waals surface area contributed by atoms with E-state index >= 15 is 0 Å². The predicted octanol–water partition coefficient (Wildman–Crippen LogP) is 3.75. The molecule has 0 aromatic heterocycles. The van der Waals surface area contributed by atoms with Gasteiger partial charge in [0.1, 0.15) is 6.61 Å². The summed E-state index contributed by atoms with van der Waals surface area (Å²) in [6.07, 6.45) is 0. The van der Waals surface area contributed by atoms with Gasteiger partial charge in [0.2, 0.25) is 0 Å². The molecule has 2 rings (SSSR count). The molecule has 0 saturated heterocycles. The van der Waals surface area contributed by atoms with Gasteiger partial charge in [0.05, 0.1) is 5.57 Å². The lowest BCUT2D eigenvalue weighted by molar-refractivity contribution is -0.137. The molecule has 2 aromatic carbocycles. The van der Waals surface area contributed by atoms with Gasteiger partial charge in [-0.2, -0.15) is 0 Å². The summed E-state index contributed by atoms with van der Waals surface area (Å²) in [5.74, 6) is -0.377. The number of aryl methyl sites for hydroxylation is 1. The minimum atomic E-state index is -0.377. The number of ether oxygens (including phenoxy) is 1. The zero-order chi connectivity index (χ0) is 13.7. The summed E-state index contributed by atoms with van der Waals surface area (Å²) in [5.41, 5.74) is 3.21. The third-order valence-electron chi connectivity index (χ3n) is 2.93. The van der Waals surface area contributed by atoms with Crippen LogP contribution in [0.2, 0.25) is 0 Å². The van der Waals surface area contributed by atoms with Crippen LogP contribution in [0.4, 0.5) is 0 Å². The van der Waals surface area contributed by atoms with Crippen molar-refractivity contribution in [2.75, 3.05) is 0 Å². The van der Waals surface area contributed by atoms with E-state index in [0.29, 0.717) is 5.57 Å². The van der Waals surface area contributed by atoms with Crippen molar-refractivity contribution in [3.05, 3.63) is 77.9 Å². The van der Waals surface area contributed by atoms with E-state index in [0.717, 1.165) is 16.7 Å². The highest BCUT2D eigenvalue weighted by Crippen LogP contribution is 2.18. The van der Waals surface area contributed by atoms with Crippen LogP contribution >= 0.6 is 0 Å². The van der Waals surface area contributed by atoms with Crippen LogP contribution in [0.15, 0.2) is 61.2 Å². The Morgan fingerprint density at radius 2 is 1.68 bits per heavy atom. The van der Waals surface area contributed by atoms with Gasteiger partial charge in [-0.15, -0.1) is 0 Å². The second kappa shape index (κ2) is 6.01. The van der Waals surface area contributed by atoms with Gasteiger partial charge >= 0.3 is 5.97 Å². The molecule has 0 aliphatic carbocycles. The highest BCUT2D eigenvalue weighted by atomic mass is 16.5. The Morgan fingerprint density at radius 3 is 2.37 bits per heavy atom. The van der Waals surface area contributed by atoms with Crippen molar-refractivity contribution in [3.8, 4) is 0 Å². The van der Waals surface area contributed by atoms with E-state index in [-0.39, 0.29) is 12.6 Å². The summed E-state index contributed by atoms with van der Waals surface area (Å²) in [6, 6.07) is 17.2. The smallest absolute Gasteiger partial charge is 0.338 e. The summed E-state index contributed by atoms with van der Waals surface area (Å²) in [6.45, 7) is 6.04. The molecule has 2 heteroatoms. The van der Waals surface area contributed by atoms with Crippen molar-refractivity contribution in [2.24, 2.45) is 0 Å². The van der Waals surface area contributed by atoms with Crippen LogP contribution in [0.3, 0.4) is 0 Å². The fourth-order valence-electron chi connectivity index (χ4n) is 1.83. The molecule has 0 bridgehead atoms. The highest BCUT2D eigenvalue weighted by molar-refractivity contribution is 6.15. The number of carbonyl (C=O) groups is 1. The molecule has 0 amide bonds. The van der Waals surface area contributed by atoms with Crippen LogP contribution < -0.4 is 0 Å². The first-order valence-corrected chi connectivity index (χ1v) is 6.14. The van der Waals surface area contributed by atoms with Gasteiger partial charge < -0.3 is 4.74 Å². The Morgan fingerprint density at radius 1 is 1.05 bits per heavy atom. The van der Waals surface area contributed by atoms with Gasteiger partial charge in [0.25, 0.3) is 0 Å². The second-order valence-electron chi connectivity index (χ2n) is 4.36. The molecule has 2 nitrogen and oxygen atoms in total. The molecule has 0 aliphatic heterocycles. The average molecular weight is 252 g/mol. The molecule has 0 unspecified atom stereocenters. The molecule has 0 saturated carbocycles.